The third-order valence-electron chi connectivity index (χ3n) is 3.98. The first-order valence-electron chi connectivity index (χ1n) is 7.12. The SMILES string of the molecule is CNC(C(C)CCOC)C1CN(C(C)C)CCO1. The quantitative estimate of drug-likeness (QED) is 0.747. The molecule has 1 heterocycles. The highest BCUT2D eigenvalue weighted by Crippen LogP contribution is 2.19. The Balaban J connectivity index is 2.52. The topological polar surface area (TPSA) is 33.7 Å². The second-order valence-electron chi connectivity index (χ2n) is 5.57. The molecule has 108 valence electrons. The van der Waals surface area contributed by atoms with Crippen molar-refractivity contribution in [2.24, 2.45) is 5.92 Å². The Hall–Kier alpha value is -0.160. The summed E-state index contributed by atoms with van der Waals surface area (Å²) in [5.74, 6) is 0.562. The van der Waals surface area contributed by atoms with Crippen molar-refractivity contribution in [2.45, 2.75) is 45.4 Å². The molecule has 0 radical (unpaired) electrons. The molecule has 0 saturated carbocycles. The zero-order valence-corrected chi connectivity index (χ0v) is 12.6. The first kappa shape index (κ1) is 15.9. The summed E-state index contributed by atoms with van der Waals surface area (Å²) in [5, 5.41) is 3.43. The lowest BCUT2D eigenvalue weighted by Crippen LogP contribution is -2.55. The zero-order valence-electron chi connectivity index (χ0n) is 12.6. The molecule has 3 unspecified atom stereocenters. The summed E-state index contributed by atoms with van der Waals surface area (Å²) in [6, 6.07) is 1.00. The van der Waals surface area contributed by atoms with E-state index in [2.05, 4.69) is 31.0 Å². The van der Waals surface area contributed by atoms with Gasteiger partial charge < -0.3 is 14.8 Å². The number of likely N-dealkylation sites (N-methyl/N-ethyl adjacent to an activating group) is 1. The van der Waals surface area contributed by atoms with Gasteiger partial charge in [-0.2, -0.15) is 0 Å². The van der Waals surface area contributed by atoms with Crippen molar-refractivity contribution >= 4 is 0 Å². The molecule has 1 fully saturated rings. The average Bonchev–Trinajstić information content (AvgIpc) is 2.37. The van der Waals surface area contributed by atoms with Crippen LogP contribution in [0, 0.1) is 5.92 Å². The van der Waals surface area contributed by atoms with Crippen molar-refractivity contribution in [3.05, 3.63) is 0 Å². The number of morpholine rings is 1. The number of hydrogen-bond donors (Lipinski definition) is 1. The van der Waals surface area contributed by atoms with E-state index < -0.39 is 0 Å². The maximum Gasteiger partial charge on any atom is 0.0857 e. The fourth-order valence-corrected chi connectivity index (χ4v) is 2.70. The van der Waals surface area contributed by atoms with Gasteiger partial charge in [0.2, 0.25) is 0 Å². The number of nitrogens with one attached hydrogen (secondary N) is 1. The van der Waals surface area contributed by atoms with Crippen molar-refractivity contribution in [2.75, 3.05) is 40.5 Å². The third-order valence-corrected chi connectivity index (χ3v) is 3.98. The van der Waals surface area contributed by atoms with Gasteiger partial charge >= 0.3 is 0 Å². The molecule has 3 atom stereocenters. The largest absolute Gasteiger partial charge is 0.385 e. The van der Waals surface area contributed by atoms with Crippen LogP contribution in [0.2, 0.25) is 0 Å². The molecule has 0 aliphatic carbocycles. The van der Waals surface area contributed by atoms with Gasteiger partial charge in [-0.25, -0.2) is 0 Å². The van der Waals surface area contributed by atoms with Crippen molar-refractivity contribution in [1.82, 2.24) is 10.2 Å². The molecule has 18 heavy (non-hydrogen) atoms. The van der Waals surface area contributed by atoms with Gasteiger partial charge in [-0.15, -0.1) is 0 Å². The van der Waals surface area contributed by atoms with Gasteiger partial charge in [-0.05, 0) is 33.2 Å². The van der Waals surface area contributed by atoms with Gasteiger partial charge in [0.1, 0.15) is 0 Å². The fraction of sp³-hybridized carbons (Fsp3) is 1.00. The van der Waals surface area contributed by atoms with Crippen LogP contribution < -0.4 is 5.32 Å². The van der Waals surface area contributed by atoms with Crippen LogP contribution >= 0.6 is 0 Å². The Kier molecular flexibility index (Phi) is 7.15. The van der Waals surface area contributed by atoms with Gasteiger partial charge in [0.25, 0.3) is 0 Å². The molecule has 0 bridgehead atoms. The van der Waals surface area contributed by atoms with E-state index in [1.165, 1.54) is 0 Å². The molecule has 1 aliphatic rings. The van der Waals surface area contributed by atoms with E-state index in [9.17, 15) is 0 Å². The van der Waals surface area contributed by atoms with E-state index in [1.807, 2.05) is 7.05 Å². The first-order chi connectivity index (χ1) is 8.60. The van der Waals surface area contributed by atoms with Crippen molar-refractivity contribution in [3.8, 4) is 0 Å². The highest BCUT2D eigenvalue weighted by atomic mass is 16.5. The minimum atomic E-state index is 0.290. The number of hydrogen-bond acceptors (Lipinski definition) is 4. The lowest BCUT2D eigenvalue weighted by Gasteiger charge is -2.40. The maximum absolute atomic E-state index is 5.97. The van der Waals surface area contributed by atoms with Crippen LogP contribution in [0.15, 0.2) is 0 Å². The maximum atomic E-state index is 5.97. The predicted octanol–water partition coefficient (Wildman–Crippen LogP) is 1.36. The minimum Gasteiger partial charge on any atom is -0.385 e. The molecule has 1 saturated heterocycles. The first-order valence-corrected chi connectivity index (χ1v) is 7.12. The summed E-state index contributed by atoms with van der Waals surface area (Å²) < 4.78 is 11.1. The molecular weight excluding hydrogens is 228 g/mol. The van der Waals surface area contributed by atoms with Crippen LogP contribution in [-0.2, 0) is 9.47 Å². The van der Waals surface area contributed by atoms with Crippen molar-refractivity contribution in [3.63, 3.8) is 0 Å². The summed E-state index contributed by atoms with van der Waals surface area (Å²) in [6.07, 6.45) is 1.36. The molecule has 4 nitrogen and oxygen atoms in total. The van der Waals surface area contributed by atoms with Gasteiger partial charge in [-0.1, -0.05) is 6.92 Å². The molecule has 1 N–H and O–H groups in total. The number of methoxy groups -OCH3 is 1. The highest BCUT2D eigenvalue weighted by molar-refractivity contribution is 4.86. The zero-order chi connectivity index (χ0) is 13.5. The van der Waals surface area contributed by atoms with Crippen LogP contribution in [0.1, 0.15) is 27.2 Å². The molecule has 4 heteroatoms. The Morgan fingerprint density at radius 3 is 2.67 bits per heavy atom. The second kappa shape index (κ2) is 8.10. The Morgan fingerprint density at radius 2 is 2.11 bits per heavy atom. The lowest BCUT2D eigenvalue weighted by molar-refractivity contribution is -0.0638. The molecule has 0 amide bonds. The van der Waals surface area contributed by atoms with E-state index in [0.717, 1.165) is 32.7 Å². The van der Waals surface area contributed by atoms with Gasteiger partial charge in [0.15, 0.2) is 0 Å². The van der Waals surface area contributed by atoms with E-state index in [1.54, 1.807) is 7.11 Å². The standard InChI is InChI=1S/C14H30N2O2/c1-11(2)16-7-9-18-13(10-16)14(15-4)12(3)6-8-17-5/h11-15H,6-10H2,1-5H3. The number of nitrogens with zero attached hydrogens (tertiary/aromatic N) is 1. The van der Waals surface area contributed by atoms with Gasteiger partial charge in [0.05, 0.1) is 12.7 Å². The summed E-state index contributed by atoms with van der Waals surface area (Å²) in [7, 11) is 3.80. The highest BCUT2D eigenvalue weighted by Gasteiger charge is 2.31. The van der Waals surface area contributed by atoms with E-state index in [0.29, 0.717) is 18.0 Å². The smallest absolute Gasteiger partial charge is 0.0857 e. The van der Waals surface area contributed by atoms with Crippen LogP contribution in [0.25, 0.3) is 0 Å². The summed E-state index contributed by atoms with van der Waals surface area (Å²) >= 11 is 0. The Labute approximate surface area is 112 Å². The third kappa shape index (κ3) is 4.50. The monoisotopic (exact) mass is 258 g/mol. The van der Waals surface area contributed by atoms with Crippen LogP contribution in [0.4, 0.5) is 0 Å². The normalized spacial score (nSPS) is 25.3. The molecule has 0 aromatic carbocycles. The van der Waals surface area contributed by atoms with Crippen molar-refractivity contribution in [1.29, 1.82) is 0 Å². The summed E-state index contributed by atoms with van der Waals surface area (Å²) in [5.41, 5.74) is 0. The molecule has 1 rings (SSSR count). The summed E-state index contributed by atoms with van der Waals surface area (Å²) in [6.45, 7) is 10.5. The van der Waals surface area contributed by atoms with E-state index in [-0.39, 0.29) is 6.10 Å². The van der Waals surface area contributed by atoms with Gasteiger partial charge in [-0.3, -0.25) is 4.90 Å². The molecular formula is C14H30N2O2. The Morgan fingerprint density at radius 1 is 1.39 bits per heavy atom. The number of ether oxygens (including phenoxy) is 2. The van der Waals surface area contributed by atoms with Crippen LogP contribution in [0.5, 0.6) is 0 Å². The Bertz CT molecular complexity index is 224. The lowest BCUT2D eigenvalue weighted by atomic mass is 9.93. The summed E-state index contributed by atoms with van der Waals surface area (Å²) in [4.78, 5) is 2.50. The van der Waals surface area contributed by atoms with Gasteiger partial charge in [0, 0.05) is 38.9 Å². The molecule has 1 aliphatic heterocycles. The molecule has 0 aromatic rings. The van der Waals surface area contributed by atoms with Crippen LogP contribution in [-0.4, -0.2) is 63.5 Å². The van der Waals surface area contributed by atoms with E-state index in [4.69, 9.17) is 9.47 Å². The predicted molar refractivity (Wildman–Crippen MR) is 75.0 cm³/mol. The average molecular weight is 258 g/mol. The molecule has 0 spiro atoms. The minimum absolute atomic E-state index is 0.290. The number of rotatable bonds is 7. The van der Waals surface area contributed by atoms with Crippen molar-refractivity contribution < 1.29 is 9.47 Å². The second-order valence-corrected chi connectivity index (χ2v) is 5.57. The van der Waals surface area contributed by atoms with E-state index >= 15 is 0 Å². The van der Waals surface area contributed by atoms with Crippen LogP contribution in [0.3, 0.4) is 0 Å². The fourth-order valence-electron chi connectivity index (χ4n) is 2.70. The molecule has 0 aromatic heterocycles.